The summed E-state index contributed by atoms with van der Waals surface area (Å²) in [5.74, 6) is -0.561. The molecule has 1 saturated heterocycles. The predicted molar refractivity (Wildman–Crippen MR) is 147 cm³/mol. The summed E-state index contributed by atoms with van der Waals surface area (Å²) in [6.07, 6.45) is 4.81. The predicted octanol–water partition coefficient (Wildman–Crippen LogP) is 5.99. The summed E-state index contributed by atoms with van der Waals surface area (Å²) in [6.45, 7) is 8.49. The van der Waals surface area contributed by atoms with E-state index >= 15 is 0 Å². The number of carbonyl (C=O) groups is 1. The van der Waals surface area contributed by atoms with Crippen LogP contribution in [0.5, 0.6) is 0 Å². The SMILES string of the molecule is CCC(C)(C)[C@@H]1C/C(=C\c2c(C)nn([C@@H]3CCS(=O)(=O)C3)c2Cl)c2nc3ccccc3c(C(=O)O)c2C1. The van der Waals surface area contributed by atoms with E-state index in [0.29, 0.717) is 45.8 Å². The van der Waals surface area contributed by atoms with E-state index in [0.717, 1.165) is 29.5 Å². The maximum Gasteiger partial charge on any atom is 0.336 e. The summed E-state index contributed by atoms with van der Waals surface area (Å²) >= 11 is 6.83. The number of benzene rings is 1. The molecule has 0 bridgehead atoms. The number of hydrogen-bond donors (Lipinski definition) is 1. The Bertz CT molecular complexity index is 1560. The monoisotopic (exact) mass is 541 g/mol. The minimum absolute atomic E-state index is 0.0145. The van der Waals surface area contributed by atoms with Gasteiger partial charge in [-0.25, -0.2) is 22.9 Å². The van der Waals surface area contributed by atoms with Gasteiger partial charge in [0.1, 0.15) is 5.15 Å². The van der Waals surface area contributed by atoms with Crippen LogP contribution in [0.25, 0.3) is 22.6 Å². The van der Waals surface area contributed by atoms with Crippen molar-refractivity contribution < 1.29 is 18.3 Å². The van der Waals surface area contributed by atoms with E-state index in [-0.39, 0.29) is 28.9 Å². The average molecular weight is 542 g/mol. The largest absolute Gasteiger partial charge is 0.478 e. The van der Waals surface area contributed by atoms with Crippen molar-refractivity contribution in [1.82, 2.24) is 14.8 Å². The van der Waals surface area contributed by atoms with Crippen molar-refractivity contribution >= 4 is 50.0 Å². The Morgan fingerprint density at radius 2 is 2.00 bits per heavy atom. The number of fused-ring (bicyclic) bond motifs is 2. The number of halogens is 1. The summed E-state index contributed by atoms with van der Waals surface area (Å²) in [5.41, 5.74) is 4.78. The molecule has 0 spiro atoms. The molecule has 2 aromatic heterocycles. The molecule has 9 heteroatoms. The zero-order chi connectivity index (χ0) is 26.7. The first-order chi connectivity index (χ1) is 17.4. The highest BCUT2D eigenvalue weighted by Crippen LogP contribution is 2.46. The quantitative estimate of drug-likeness (QED) is 0.425. The molecule has 7 nitrogen and oxygen atoms in total. The van der Waals surface area contributed by atoms with Crippen LogP contribution < -0.4 is 0 Å². The van der Waals surface area contributed by atoms with Gasteiger partial charge in [-0.3, -0.25) is 0 Å². The fraction of sp³-hybridized carbons (Fsp3) is 0.464. The fourth-order valence-corrected chi connectivity index (χ4v) is 7.75. The molecule has 1 fully saturated rings. The van der Waals surface area contributed by atoms with Crippen molar-refractivity contribution in [3.8, 4) is 0 Å². The molecular formula is C28H32ClN3O4S. The molecule has 37 heavy (non-hydrogen) atoms. The molecule has 0 radical (unpaired) electrons. The maximum atomic E-state index is 12.6. The molecule has 1 aliphatic carbocycles. The molecule has 2 aliphatic rings. The molecule has 1 aliphatic heterocycles. The van der Waals surface area contributed by atoms with Gasteiger partial charge >= 0.3 is 5.97 Å². The second-order valence-electron chi connectivity index (χ2n) is 11.0. The summed E-state index contributed by atoms with van der Waals surface area (Å²) in [7, 11) is -3.09. The highest BCUT2D eigenvalue weighted by molar-refractivity contribution is 7.91. The van der Waals surface area contributed by atoms with Crippen LogP contribution in [0.3, 0.4) is 0 Å². The molecule has 0 saturated carbocycles. The second-order valence-corrected chi connectivity index (χ2v) is 13.6. The van der Waals surface area contributed by atoms with E-state index in [2.05, 4.69) is 25.9 Å². The molecule has 2 atom stereocenters. The topological polar surface area (TPSA) is 102 Å². The fourth-order valence-electron chi connectivity index (χ4n) is 5.69. The van der Waals surface area contributed by atoms with Crippen LogP contribution in [-0.4, -0.2) is 45.8 Å². The highest BCUT2D eigenvalue weighted by atomic mass is 35.5. The number of carboxylic acids is 1. The Morgan fingerprint density at radius 3 is 2.65 bits per heavy atom. The van der Waals surface area contributed by atoms with Crippen LogP contribution >= 0.6 is 11.6 Å². The standard InChI is InChI=1S/C28H32ClN3O4S/c1-5-28(3,4)18-12-17(13-21-16(2)31-32(26(21)29)19-10-11-37(35,36)15-19)25-22(14-18)24(27(33)34)20-8-6-7-9-23(20)30-25/h6-9,13,18-19H,5,10-12,14-15H2,1-4H3,(H,33,34)/b17-13+/t18-,19-/m1/s1. The van der Waals surface area contributed by atoms with Crippen LogP contribution in [0.15, 0.2) is 24.3 Å². The van der Waals surface area contributed by atoms with E-state index in [1.54, 1.807) is 4.68 Å². The first-order valence-corrected chi connectivity index (χ1v) is 14.9. The summed E-state index contributed by atoms with van der Waals surface area (Å²) in [6, 6.07) is 7.10. The van der Waals surface area contributed by atoms with Crippen molar-refractivity contribution in [1.29, 1.82) is 0 Å². The smallest absolute Gasteiger partial charge is 0.336 e. The van der Waals surface area contributed by atoms with E-state index in [4.69, 9.17) is 16.6 Å². The minimum atomic E-state index is -3.09. The normalized spacial score (nSPS) is 22.5. The lowest BCUT2D eigenvalue weighted by Gasteiger charge is -2.38. The van der Waals surface area contributed by atoms with Gasteiger partial charge in [0.05, 0.1) is 40.0 Å². The van der Waals surface area contributed by atoms with Crippen molar-refractivity contribution in [2.45, 2.75) is 59.4 Å². The highest BCUT2D eigenvalue weighted by Gasteiger charge is 2.37. The zero-order valence-corrected chi connectivity index (χ0v) is 23.2. The van der Waals surface area contributed by atoms with Gasteiger partial charge < -0.3 is 5.11 Å². The van der Waals surface area contributed by atoms with Gasteiger partial charge in [-0.2, -0.15) is 5.10 Å². The molecule has 5 rings (SSSR count). The molecule has 0 amide bonds. The van der Waals surface area contributed by atoms with Gasteiger partial charge in [-0.15, -0.1) is 0 Å². The molecule has 196 valence electrons. The van der Waals surface area contributed by atoms with Crippen LogP contribution in [-0.2, 0) is 16.3 Å². The Balaban J connectivity index is 1.71. The lowest BCUT2D eigenvalue weighted by molar-refractivity contribution is 0.0696. The number of aryl methyl sites for hydroxylation is 1. The average Bonchev–Trinajstić information content (AvgIpc) is 3.35. The first kappa shape index (κ1) is 25.9. The van der Waals surface area contributed by atoms with Crippen LogP contribution in [0.1, 0.15) is 78.9 Å². The Morgan fingerprint density at radius 1 is 1.27 bits per heavy atom. The third-order valence-electron chi connectivity index (χ3n) is 8.39. The number of pyridine rings is 1. The second kappa shape index (κ2) is 9.24. The Hall–Kier alpha value is -2.71. The minimum Gasteiger partial charge on any atom is -0.478 e. The Labute approximate surface area is 222 Å². The molecular weight excluding hydrogens is 510 g/mol. The third-order valence-corrected chi connectivity index (χ3v) is 10.5. The van der Waals surface area contributed by atoms with Gasteiger partial charge in [-0.1, -0.05) is 57.0 Å². The maximum absolute atomic E-state index is 12.6. The van der Waals surface area contributed by atoms with Gasteiger partial charge in [0.25, 0.3) is 0 Å². The van der Waals surface area contributed by atoms with Gasteiger partial charge in [0.15, 0.2) is 9.84 Å². The lowest BCUT2D eigenvalue weighted by atomic mass is 9.67. The zero-order valence-electron chi connectivity index (χ0n) is 21.6. The number of carboxylic acid groups (broad SMARTS) is 1. The molecule has 1 aromatic carbocycles. The molecule has 1 N–H and O–H groups in total. The van der Waals surface area contributed by atoms with E-state index in [1.807, 2.05) is 37.3 Å². The van der Waals surface area contributed by atoms with Gasteiger partial charge in [0, 0.05) is 10.9 Å². The lowest BCUT2D eigenvalue weighted by Crippen LogP contribution is -2.30. The first-order valence-electron chi connectivity index (χ1n) is 12.7. The van der Waals surface area contributed by atoms with Gasteiger partial charge in [-0.05, 0) is 60.8 Å². The van der Waals surface area contributed by atoms with Crippen LogP contribution in [0.2, 0.25) is 5.15 Å². The number of aromatic nitrogens is 3. The number of sulfone groups is 1. The Kier molecular flexibility index (Phi) is 6.47. The van der Waals surface area contributed by atoms with Crippen molar-refractivity contribution in [2.75, 3.05) is 11.5 Å². The summed E-state index contributed by atoms with van der Waals surface area (Å²) < 4.78 is 25.8. The number of rotatable bonds is 5. The van der Waals surface area contributed by atoms with E-state index < -0.39 is 15.8 Å². The van der Waals surface area contributed by atoms with E-state index in [9.17, 15) is 18.3 Å². The number of para-hydroxylation sites is 1. The summed E-state index contributed by atoms with van der Waals surface area (Å²) in [5, 5.41) is 16.0. The van der Waals surface area contributed by atoms with Gasteiger partial charge in [0.2, 0.25) is 0 Å². The van der Waals surface area contributed by atoms with Crippen LogP contribution in [0, 0.1) is 18.3 Å². The summed E-state index contributed by atoms with van der Waals surface area (Å²) in [4.78, 5) is 17.5. The number of nitrogens with zero attached hydrogens (tertiary/aromatic N) is 3. The molecule has 3 aromatic rings. The number of hydrogen-bond acceptors (Lipinski definition) is 5. The number of aromatic carboxylic acids is 1. The van der Waals surface area contributed by atoms with E-state index in [1.165, 1.54) is 0 Å². The third kappa shape index (κ3) is 4.59. The van der Waals surface area contributed by atoms with Crippen molar-refractivity contribution in [3.05, 3.63) is 57.5 Å². The van der Waals surface area contributed by atoms with Crippen molar-refractivity contribution in [2.24, 2.45) is 11.3 Å². The van der Waals surface area contributed by atoms with Crippen molar-refractivity contribution in [3.63, 3.8) is 0 Å². The van der Waals surface area contributed by atoms with Crippen LogP contribution in [0.4, 0.5) is 0 Å². The molecule has 3 heterocycles. The number of allylic oxidation sites excluding steroid dienone is 1. The molecule has 0 unspecified atom stereocenters.